The van der Waals surface area contributed by atoms with Crippen molar-refractivity contribution in [3.8, 4) is 0 Å². The molecule has 0 saturated carbocycles. The van der Waals surface area contributed by atoms with Gasteiger partial charge in [0.2, 0.25) is 5.91 Å². The van der Waals surface area contributed by atoms with Crippen LogP contribution in [0.2, 0.25) is 5.02 Å². The van der Waals surface area contributed by atoms with Gasteiger partial charge in [-0.3, -0.25) is 14.4 Å². The first-order valence-electron chi connectivity index (χ1n) is 9.01. The van der Waals surface area contributed by atoms with Crippen LogP contribution in [0.1, 0.15) is 11.8 Å². The molecule has 150 valence electrons. The number of amides is 3. The molecule has 0 unspecified atom stereocenters. The molecule has 1 aromatic heterocycles. The fourth-order valence-electron chi connectivity index (χ4n) is 3.10. The first-order chi connectivity index (χ1) is 14.4. The van der Waals surface area contributed by atoms with Gasteiger partial charge in [0.15, 0.2) is 0 Å². The maximum atomic E-state index is 13.2. The fourth-order valence-corrected chi connectivity index (χ4v) is 4.00. The van der Waals surface area contributed by atoms with Gasteiger partial charge >= 0.3 is 0 Å². The third-order valence-corrected chi connectivity index (χ3v) is 5.55. The monoisotopic (exact) mass is 437 g/mol. The summed E-state index contributed by atoms with van der Waals surface area (Å²) in [7, 11) is 0. The number of hydrogen-bond donors (Lipinski definition) is 2. The van der Waals surface area contributed by atoms with Gasteiger partial charge in [0.05, 0.1) is 11.3 Å². The summed E-state index contributed by atoms with van der Waals surface area (Å²) in [5.74, 6) is -1.02. The molecule has 0 radical (unpaired) electrons. The molecule has 2 N–H and O–H groups in total. The summed E-state index contributed by atoms with van der Waals surface area (Å²) >= 11 is 7.33. The lowest BCUT2D eigenvalue weighted by Gasteiger charge is -2.15. The van der Waals surface area contributed by atoms with E-state index in [1.807, 2.05) is 11.4 Å². The number of carbonyl (C=O) groups is 3. The number of hydrogen-bond acceptors (Lipinski definition) is 5. The quantitative estimate of drug-likeness (QED) is 0.564. The van der Waals surface area contributed by atoms with E-state index in [4.69, 9.17) is 11.6 Å². The zero-order valence-electron chi connectivity index (χ0n) is 15.8. The van der Waals surface area contributed by atoms with Gasteiger partial charge in [-0.25, -0.2) is 4.90 Å². The van der Waals surface area contributed by atoms with E-state index in [1.165, 1.54) is 18.3 Å². The first kappa shape index (κ1) is 19.9. The van der Waals surface area contributed by atoms with Gasteiger partial charge in [-0.05, 0) is 60.0 Å². The van der Waals surface area contributed by atoms with Crippen molar-refractivity contribution in [3.63, 3.8) is 0 Å². The minimum Gasteiger partial charge on any atom is -0.350 e. The second-order valence-electron chi connectivity index (χ2n) is 6.53. The number of anilines is 3. The molecule has 2 aromatic carbocycles. The highest BCUT2D eigenvalue weighted by atomic mass is 35.5. The smallest absolute Gasteiger partial charge is 0.282 e. The van der Waals surface area contributed by atoms with Crippen molar-refractivity contribution < 1.29 is 14.4 Å². The summed E-state index contributed by atoms with van der Waals surface area (Å²) < 4.78 is 0. The minimum atomic E-state index is -0.448. The number of imide groups is 1. The number of nitrogens with one attached hydrogen (secondary N) is 2. The summed E-state index contributed by atoms with van der Waals surface area (Å²) in [6.07, 6.45) is 0. The van der Waals surface area contributed by atoms with Gasteiger partial charge in [0.25, 0.3) is 11.8 Å². The van der Waals surface area contributed by atoms with Gasteiger partial charge in [0, 0.05) is 28.2 Å². The number of carbonyl (C=O) groups excluding carboxylic acids is 3. The third-order valence-electron chi connectivity index (χ3n) is 4.41. The molecule has 1 aliphatic rings. The molecular weight excluding hydrogens is 422 g/mol. The molecule has 6 nitrogen and oxygen atoms in total. The maximum Gasteiger partial charge on any atom is 0.282 e. The van der Waals surface area contributed by atoms with Crippen molar-refractivity contribution >= 4 is 63.3 Å². The SMILES string of the molecule is CC(=O)Nc1ccc(NC2=C(c3cccs3)C(=O)N(c3ccc(Cl)cc3)C2=O)cc1. The molecular formula is C22H16ClN3O3S. The fraction of sp³-hybridized carbons (Fsp3) is 0.0455. The Labute approximate surface area is 181 Å². The van der Waals surface area contributed by atoms with Crippen LogP contribution >= 0.6 is 22.9 Å². The molecule has 0 fully saturated rings. The molecule has 0 aliphatic carbocycles. The van der Waals surface area contributed by atoms with Gasteiger partial charge in [0.1, 0.15) is 5.70 Å². The zero-order chi connectivity index (χ0) is 21.3. The van der Waals surface area contributed by atoms with E-state index in [0.29, 0.717) is 32.5 Å². The average Bonchev–Trinajstić information content (AvgIpc) is 3.31. The number of benzene rings is 2. The highest BCUT2D eigenvalue weighted by Gasteiger charge is 2.40. The van der Waals surface area contributed by atoms with Gasteiger partial charge < -0.3 is 10.6 Å². The van der Waals surface area contributed by atoms with Crippen LogP contribution in [-0.4, -0.2) is 17.7 Å². The van der Waals surface area contributed by atoms with Gasteiger partial charge in [-0.1, -0.05) is 17.7 Å². The lowest BCUT2D eigenvalue weighted by Crippen LogP contribution is -2.32. The summed E-state index contributed by atoms with van der Waals surface area (Å²) in [4.78, 5) is 39.5. The molecule has 0 saturated heterocycles. The Balaban J connectivity index is 1.70. The van der Waals surface area contributed by atoms with E-state index >= 15 is 0 Å². The van der Waals surface area contributed by atoms with Crippen molar-refractivity contribution in [2.75, 3.05) is 15.5 Å². The summed E-state index contributed by atoms with van der Waals surface area (Å²) in [6.45, 7) is 1.43. The summed E-state index contributed by atoms with van der Waals surface area (Å²) in [5.41, 5.74) is 2.21. The number of nitrogens with zero attached hydrogens (tertiary/aromatic N) is 1. The van der Waals surface area contributed by atoms with Crippen molar-refractivity contribution in [1.29, 1.82) is 0 Å². The van der Waals surface area contributed by atoms with Crippen LogP contribution < -0.4 is 15.5 Å². The van der Waals surface area contributed by atoms with E-state index in [0.717, 1.165) is 4.90 Å². The molecule has 30 heavy (non-hydrogen) atoms. The Bertz CT molecular complexity index is 1150. The molecule has 4 rings (SSSR count). The van der Waals surface area contributed by atoms with Crippen molar-refractivity contribution in [2.45, 2.75) is 6.92 Å². The van der Waals surface area contributed by atoms with E-state index in [-0.39, 0.29) is 11.6 Å². The first-order valence-corrected chi connectivity index (χ1v) is 10.3. The summed E-state index contributed by atoms with van der Waals surface area (Å²) in [5, 5.41) is 8.14. The summed E-state index contributed by atoms with van der Waals surface area (Å²) in [6, 6.07) is 17.1. The number of thiophene rings is 1. The highest BCUT2D eigenvalue weighted by molar-refractivity contribution is 7.11. The molecule has 0 spiro atoms. The molecule has 3 aromatic rings. The second-order valence-corrected chi connectivity index (χ2v) is 7.92. The topological polar surface area (TPSA) is 78.5 Å². The van der Waals surface area contributed by atoms with Crippen LogP contribution in [0.25, 0.3) is 5.57 Å². The molecule has 3 amide bonds. The zero-order valence-corrected chi connectivity index (χ0v) is 17.4. The maximum absolute atomic E-state index is 13.2. The highest BCUT2D eigenvalue weighted by Crippen LogP contribution is 2.35. The van der Waals surface area contributed by atoms with Crippen LogP contribution in [0.15, 0.2) is 71.7 Å². The molecule has 1 aliphatic heterocycles. The number of rotatable bonds is 5. The normalized spacial score (nSPS) is 13.7. The molecule has 0 bridgehead atoms. The standard InChI is InChI=1S/C22H16ClN3O3S/c1-13(27)24-15-6-8-16(9-7-15)25-20-19(18-3-2-12-30-18)21(28)26(22(20)29)17-10-4-14(23)5-11-17/h2-12,25H,1H3,(H,24,27). The van der Waals surface area contributed by atoms with E-state index in [2.05, 4.69) is 10.6 Å². The Morgan fingerprint density at radius 2 is 1.60 bits per heavy atom. The number of halogens is 1. The largest absolute Gasteiger partial charge is 0.350 e. The third kappa shape index (κ3) is 3.85. The lowest BCUT2D eigenvalue weighted by atomic mass is 10.2. The van der Waals surface area contributed by atoms with Crippen LogP contribution in [0.4, 0.5) is 17.1 Å². The van der Waals surface area contributed by atoms with Gasteiger partial charge in [-0.15, -0.1) is 11.3 Å². The Kier molecular flexibility index (Phi) is 5.39. The van der Waals surface area contributed by atoms with E-state index in [9.17, 15) is 14.4 Å². The van der Waals surface area contributed by atoms with Crippen LogP contribution in [0, 0.1) is 0 Å². The van der Waals surface area contributed by atoms with Crippen molar-refractivity contribution in [1.82, 2.24) is 0 Å². The second kappa shape index (κ2) is 8.14. The van der Waals surface area contributed by atoms with Crippen molar-refractivity contribution in [2.24, 2.45) is 0 Å². The lowest BCUT2D eigenvalue weighted by molar-refractivity contribution is -0.120. The van der Waals surface area contributed by atoms with Crippen LogP contribution in [0.3, 0.4) is 0 Å². The van der Waals surface area contributed by atoms with E-state index < -0.39 is 11.8 Å². The van der Waals surface area contributed by atoms with Gasteiger partial charge in [-0.2, -0.15) is 0 Å². The Morgan fingerprint density at radius 1 is 0.933 bits per heavy atom. The molecule has 2 heterocycles. The molecule has 8 heteroatoms. The average molecular weight is 438 g/mol. The van der Waals surface area contributed by atoms with E-state index in [1.54, 1.807) is 54.6 Å². The predicted molar refractivity (Wildman–Crippen MR) is 120 cm³/mol. The van der Waals surface area contributed by atoms with Crippen LogP contribution in [-0.2, 0) is 14.4 Å². The Morgan fingerprint density at radius 3 is 2.20 bits per heavy atom. The molecule has 0 atom stereocenters. The Hall–Kier alpha value is -3.42. The minimum absolute atomic E-state index is 0.173. The van der Waals surface area contributed by atoms with Crippen molar-refractivity contribution in [3.05, 3.63) is 81.6 Å². The predicted octanol–water partition coefficient (Wildman–Crippen LogP) is 4.76. The van der Waals surface area contributed by atoms with Crippen LogP contribution in [0.5, 0.6) is 0 Å².